The van der Waals surface area contributed by atoms with Gasteiger partial charge in [-0.1, -0.05) is 0 Å². The van der Waals surface area contributed by atoms with Crippen molar-refractivity contribution in [2.24, 2.45) is 0 Å². The largest absolute Gasteiger partial charge is 0.479 e. The van der Waals surface area contributed by atoms with E-state index in [1.807, 2.05) is 0 Å². The molecule has 0 aromatic rings. The summed E-state index contributed by atoms with van der Waals surface area (Å²) in [5.74, 6) is -1.97. The standard InChI is InChI=1S/C12H21NO20S3/c14-4-2(1-29-35(23,24)25)30-12(3(5(4)15)13-34(20,21)22)32-7-6(16)8(33-36(26,27)28)11(19)31-9(7)10(17)18/h2-9,11-16,19H,1H2,(H,17,18)(H,20,21,22)(H,23,24,25)(H,26,27,28)/t2-,3-,4-,5-,6+,7+,8-,9-,11-,12-/m1/s1. The Morgan fingerprint density at radius 1 is 0.833 bits per heavy atom. The lowest BCUT2D eigenvalue weighted by atomic mass is 9.96. The molecule has 36 heavy (non-hydrogen) atoms. The van der Waals surface area contributed by atoms with E-state index in [9.17, 15) is 55.6 Å². The van der Waals surface area contributed by atoms with Gasteiger partial charge in [-0.25, -0.2) is 13.2 Å². The Morgan fingerprint density at radius 2 is 1.42 bits per heavy atom. The van der Waals surface area contributed by atoms with Crippen LogP contribution in [0.25, 0.3) is 0 Å². The third-order valence-corrected chi connectivity index (χ3v) is 6.14. The summed E-state index contributed by atoms with van der Waals surface area (Å²) in [6.07, 6.45) is -21.0. The summed E-state index contributed by atoms with van der Waals surface area (Å²) in [7, 11) is -15.8. The van der Waals surface area contributed by atoms with Crippen LogP contribution in [-0.2, 0) is 58.5 Å². The highest BCUT2D eigenvalue weighted by Gasteiger charge is 2.54. The fourth-order valence-corrected chi connectivity index (χ4v) is 4.62. The summed E-state index contributed by atoms with van der Waals surface area (Å²) in [6, 6.07) is -2.23. The highest BCUT2D eigenvalue weighted by Crippen LogP contribution is 2.31. The van der Waals surface area contributed by atoms with Crippen LogP contribution in [-0.4, -0.2) is 138 Å². The first-order valence-corrected chi connectivity index (χ1v) is 13.3. The molecule has 2 heterocycles. The molecule has 0 aliphatic carbocycles. The van der Waals surface area contributed by atoms with Crippen LogP contribution < -0.4 is 4.72 Å². The second-order valence-electron chi connectivity index (χ2n) is 7.22. The maximum absolute atomic E-state index is 11.6. The first-order chi connectivity index (χ1) is 16.2. The zero-order valence-corrected chi connectivity index (χ0v) is 19.6. The first kappa shape index (κ1) is 31.0. The quantitative estimate of drug-likeness (QED) is 0.106. The zero-order chi connectivity index (χ0) is 27.8. The predicted molar refractivity (Wildman–Crippen MR) is 102 cm³/mol. The minimum absolute atomic E-state index is 1.24. The van der Waals surface area contributed by atoms with Crippen molar-refractivity contribution in [2.45, 2.75) is 61.3 Å². The number of hydrogen-bond acceptors (Lipinski definition) is 16. The smallest absolute Gasteiger partial charge is 0.397 e. The number of carbonyl (C=O) groups is 1. The average molecular weight is 595 g/mol. The second-order valence-corrected chi connectivity index (χ2v) is 10.5. The van der Waals surface area contributed by atoms with Crippen LogP contribution in [0.4, 0.5) is 0 Å². The highest BCUT2D eigenvalue weighted by molar-refractivity contribution is 7.83. The summed E-state index contributed by atoms with van der Waals surface area (Å²) in [6.45, 7) is -1.24. The molecular formula is C12H21NO20S3. The summed E-state index contributed by atoms with van der Waals surface area (Å²) < 4.78 is 117. The molecule has 0 unspecified atom stereocenters. The molecule has 10 atom stereocenters. The second kappa shape index (κ2) is 11.3. The van der Waals surface area contributed by atoms with Crippen molar-refractivity contribution < 1.29 is 91.8 Å². The molecule has 0 amide bonds. The normalized spacial score (nSPS) is 38.5. The fourth-order valence-electron chi connectivity index (χ4n) is 3.23. The van der Waals surface area contributed by atoms with E-state index in [4.69, 9.17) is 23.1 Å². The van der Waals surface area contributed by atoms with Crippen molar-refractivity contribution in [3.05, 3.63) is 0 Å². The Morgan fingerprint density at radius 3 is 1.89 bits per heavy atom. The molecule has 2 fully saturated rings. The molecule has 0 aromatic carbocycles. The lowest BCUT2D eigenvalue weighted by Crippen LogP contribution is -2.68. The Balaban J connectivity index is 2.43. The summed E-state index contributed by atoms with van der Waals surface area (Å²) in [4.78, 5) is 11.6. The number of ether oxygens (including phenoxy) is 3. The molecule has 9 N–H and O–H groups in total. The van der Waals surface area contributed by atoms with Gasteiger partial charge in [0.25, 0.3) is 0 Å². The molecule has 21 nitrogen and oxygen atoms in total. The van der Waals surface area contributed by atoms with Gasteiger partial charge in [-0.15, -0.1) is 0 Å². The molecule has 0 aromatic heterocycles. The molecule has 24 heteroatoms. The number of nitrogens with one attached hydrogen (secondary N) is 1. The first-order valence-electron chi connectivity index (χ1n) is 9.14. The topological polar surface area (TPSA) is 340 Å². The van der Waals surface area contributed by atoms with Crippen molar-refractivity contribution in [1.82, 2.24) is 4.72 Å². The van der Waals surface area contributed by atoms with E-state index < -0.39 is 105 Å². The van der Waals surface area contributed by atoms with Gasteiger partial charge in [-0.2, -0.15) is 30.0 Å². The number of carboxylic acid groups (broad SMARTS) is 1. The van der Waals surface area contributed by atoms with Gasteiger partial charge in [0.15, 0.2) is 24.8 Å². The van der Waals surface area contributed by atoms with Gasteiger partial charge in [-0.05, 0) is 0 Å². The lowest BCUT2D eigenvalue weighted by Gasteiger charge is -2.46. The van der Waals surface area contributed by atoms with Gasteiger partial charge in [0.1, 0.15) is 36.6 Å². The van der Waals surface area contributed by atoms with E-state index >= 15 is 0 Å². The monoisotopic (exact) mass is 595 g/mol. The summed E-state index contributed by atoms with van der Waals surface area (Å²) >= 11 is 0. The maximum atomic E-state index is 11.6. The third kappa shape index (κ3) is 8.41. The van der Waals surface area contributed by atoms with Crippen LogP contribution in [0, 0.1) is 0 Å². The molecule has 2 aliphatic rings. The fraction of sp³-hybridized carbons (Fsp3) is 0.917. The molecule has 0 radical (unpaired) electrons. The van der Waals surface area contributed by atoms with E-state index in [2.05, 4.69) is 13.1 Å². The van der Waals surface area contributed by atoms with Crippen LogP contribution in [0.15, 0.2) is 0 Å². The van der Waals surface area contributed by atoms with Crippen LogP contribution >= 0.6 is 0 Å². The Kier molecular flexibility index (Phi) is 9.71. The van der Waals surface area contributed by atoms with Crippen LogP contribution in [0.1, 0.15) is 0 Å². The van der Waals surface area contributed by atoms with Gasteiger partial charge in [0.05, 0.1) is 6.61 Å². The predicted octanol–water partition coefficient (Wildman–Crippen LogP) is -6.25. The van der Waals surface area contributed by atoms with E-state index in [1.54, 1.807) is 0 Å². The SMILES string of the molecule is O=C(O)[C@@H]1O[C@@H](O)[C@H](OS(=O)(=O)O)[C@@H](O)[C@@H]1O[C@H]1O[C@H](COS(=O)(=O)O)[C@@H](O)[C@H](O)[C@H]1NS(=O)(=O)O. The third-order valence-electron chi connectivity index (χ3n) is 4.67. The van der Waals surface area contributed by atoms with Gasteiger partial charge >= 0.3 is 37.1 Å². The van der Waals surface area contributed by atoms with Crippen LogP contribution in [0.2, 0.25) is 0 Å². The molecular weight excluding hydrogens is 574 g/mol. The number of aliphatic hydroxyl groups is 4. The van der Waals surface area contributed by atoms with E-state index in [0.717, 1.165) is 0 Å². The maximum Gasteiger partial charge on any atom is 0.397 e. The number of carboxylic acids is 1. The van der Waals surface area contributed by atoms with E-state index in [0.29, 0.717) is 0 Å². The Bertz CT molecular complexity index is 1100. The van der Waals surface area contributed by atoms with E-state index in [1.165, 1.54) is 4.72 Å². The van der Waals surface area contributed by atoms with Crippen LogP contribution in [0.5, 0.6) is 0 Å². The molecule has 2 aliphatic heterocycles. The molecule has 2 saturated heterocycles. The minimum atomic E-state index is -5.39. The summed E-state index contributed by atoms with van der Waals surface area (Å²) in [5.41, 5.74) is 0. The van der Waals surface area contributed by atoms with Crippen molar-refractivity contribution >= 4 is 37.1 Å². The summed E-state index contributed by atoms with van der Waals surface area (Å²) in [5, 5.41) is 49.9. The molecule has 0 bridgehead atoms. The number of rotatable bonds is 10. The molecule has 212 valence electrons. The molecule has 0 spiro atoms. The van der Waals surface area contributed by atoms with Crippen molar-refractivity contribution in [2.75, 3.05) is 6.61 Å². The van der Waals surface area contributed by atoms with Gasteiger partial charge in [-0.3, -0.25) is 13.7 Å². The van der Waals surface area contributed by atoms with Crippen molar-refractivity contribution in [3.63, 3.8) is 0 Å². The molecule has 0 saturated carbocycles. The van der Waals surface area contributed by atoms with Gasteiger partial charge in [0, 0.05) is 0 Å². The zero-order valence-electron chi connectivity index (χ0n) is 17.2. The Hall–Kier alpha value is -1.20. The average Bonchev–Trinajstić information content (AvgIpc) is 2.68. The highest BCUT2D eigenvalue weighted by atomic mass is 32.3. The van der Waals surface area contributed by atoms with Crippen molar-refractivity contribution in [3.8, 4) is 0 Å². The number of aliphatic carboxylic acids is 1. The van der Waals surface area contributed by atoms with Gasteiger partial charge < -0.3 is 39.7 Å². The van der Waals surface area contributed by atoms with Crippen molar-refractivity contribution in [1.29, 1.82) is 0 Å². The molecule has 2 rings (SSSR count). The van der Waals surface area contributed by atoms with E-state index in [-0.39, 0.29) is 0 Å². The Labute approximate surface area is 201 Å². The lowest BCUT2D eigenvalue weighted by molar-refractivity contribution is -0.331. The van der Waals surface area contributed by atoms with Crippen LogP contribution in [0.3, 0.4) is 0 Å². The van der Waals surface area contributed by atoms with Gasteiger partial charge in [0.2, 0.25) is 0 Å². The number of aliphatic hydroxyl groups excluding tert-OH is 4. The minimum Gasteiger partial charge on any atom is -0.479 e. The number of hydrogen-bond donors (Lipinski definition) is 9.